The minimum absolute atomic E-state index is 0.0262. The fourth-order valence-corrected chi connectivity index (χ4v) is 5.33. The molecule has 0 radical (unpaired) electrons. The molecule has 1 atom stereocenters. The van der Waals surface area contributed by atoms with Crippen LogP contribution in [0.25, 0.3) is 11.1 Å². The summed E-state index contributed by atoms with van der Waals surface area (Å²) < 4.78 is 5.56. The Morgan fingerprint density at radius 1 is 1.03 bits per heavy atom. The largest absolute Gasteiger partial charge is 0.481 e. The highest BCUT2D eigenvalue weighted by Crippen LogP contribution is 2.44. The molecule has 0 aromatic heterocycles. The van der Waals surface area contributed by atoms with Crippen LogP contribution in [-0.4, -0.2) is 41.8 Å². The summed E-state index contributed by atoms with van der Waals surface area (Å²) in [7, 11) is 0. The molecule has 7 heteroatoms. The molecule has 2 aliphatic carbocycles. The van der Waals surface area contributed by atoms with E-state index < -0.39 is 23.5 Å². The van der Waals surface area contributed by atoms with Crippen LogP contribution in [0.3, 0.4) is 0 Å². The molecule has 1 fully saturated rings. The smallest absolute Gasteiger partial charge is 0.407 e. The van der Waals surface area contributed by atoms with Gasteiger partial charge in [0.1, 0.15) is 6.61 Å². The molecule has 3 N–H and O–H groups in total. The van der Waals surface area contributed by atoms with Crippen molar-refractivity contribution in [1.29, 1.82) is 0 Å². The van der Waals surface area contributed by atoms with Gasteiger partial charge in [-0.15, -0.1) is 0 Å². The van der Waals surface area contributed by atoms with E-state index in [-0.39, 0.29) is 31.4 Å². The summed E-state index contributed by atoms with van der Waals surface area (Å²) >= 11 is 0. The van der Waals surface area contributed by atoms with Crippen molar-refractivity contribution >= 4 is 18.0 Å². The molecule has 180 valence electrons. The van der Waals surface area contributed by atoms with Crippen molar-refractivity contribution < 1.29 is 24.2 Å². The van der Waals surface area contributed by atoms with Crippen molar-refractivity contribution in [2.75, 3.05) is 13.2 Å². The van der Waals surface area contributed by atoms with Gasteiger partial charge in [-0.2, -0.15) is 0 Å². The van der Waals surface area contributed by atoms with Gasteiger partial charge in [0.25, 0.3) is 0 Å². The summed E-state index contributed by atoms with van der Waals surface area (Å²) in [6.45, 7) is 2.23. The number of hydrogen-bond donors (Lipinski definition) is 3. The topological polar surface area (TPSA) is 105 Å². The molecule has 0 heterocycles. The van der Waals surface area contributed by atoms with Gasteiger partial charge in [-0.25, -0.2) is 4.79 Å². The van der Waals surface area contributed by atoms with Crippen molar-refractivity contribution in [3.63, 3.8) is 0 Å². The number of aliphatic carboxylic acids is 1. The standard InChI is InChI=1S/C27H32N2O5/c1-2-18(25(32)29-27(15-24(30)31)13-7-8-14-27)16-28-26(33)34-17-23-21-11-5-3-9-19(21)20-10-4-6-12-22(20)23/h3-6,9-12,18,23H,2,7-8,13-17H2,1H3,(H,28,33)(H,29,32)(H,30,31). The molecular weight excluding hydrogens is 432 g/mol. The summed E-state index contributed by atoms with van der Waals surface area (Å²) in [6, 6.07) is 16.3. The zero-order valence-electron chi connectivity index (χ0n) is 19.5. The molecule has 1 unspecified atom stereocenters. The van der Waals surface area contributed by atoms with Crippen molar-refractivity contribution in [3.05, 3.63) is 59.7 Å². The molecule has 0 aliphatic heterocycles. The molecule has 2 aromatic carbocycles. The molecule has 4 rings (SSSR count). The first-order chi connectivity index (χ1) is 16.4. The quantitative estimate of drug-likeness (QED) is 0.508. The second-order valence-corrected chi connectivity index (χ2v) is 9.36. The molecular formula is C27H32N2O5. The van der Waals surface area contributed by atoms with E-state index in [1.54, 1.807) is 0 Å². The highest BCUT2D eigenvalue weighted by Gasteiger charge is 2.38. The van der Waals surface area contributed by atoms with Crippen LogP contribution in [0.1, 0.15) is 62.5 Å². The van der Waals surface area contributed by atoms with Gasteiger partial charge in [0.2, 0.25) is 5.91 Å². The van der Waals surface area contributed by atoms with Crippen LogP contribution >= 0.6 is 0 Å². The number of fused-ring (bicyclic) bond motifs is 3. The average molecular weight is 465 g/mol. The zero-order chi connectivity index (χ0) is 24.1. The lowest BCUT2D eigenvalue weighted by atomic mass is 9.91. The highest BCUT2D eigenvalue weighted by molar-refractivity contribution is 5.82. The number of carbonyl (C=O) groups is 3. The Hall–Kier alpha value is -3.35. The van der Waals surface area contributed by atoms with Crippen LogP contribution in [0.2, 0.25) is 0 Å². The van der Waals surface area contributed by atoms with Gasteiger partial charge in [0, 0.05) is 12.5 Å². The minimum atomic E-state index is -0.910. The first kappa shape index (κ1) is 23.8. The maximum atomic E-state index is 12.9. The predicted molar refractivity (Wildman–Crippen MR) is 128 cm³/mol. The fourth-order valence-electron chi connectivity index (χ4n) is 5.33. The SMILES string of the molecule is CCC(CNC(=O)OCC1c2ccccc2-c2ccccc21)C(=O)NC1(CC(=O)O)CCCC1. The van der Waals surface area contributed by atoms with Crippen LogP contribution in [0.5, 0.6) is 0 Å². The van der Waals surface area contributed by atoms with Gasteiger partial charge in [-0.3, -0.25) is 9.59 Å². The van der Waals surface area contributed by atoms with E-state index >= 15 is 0 Å². The molecule has 7 nitrogen and oxygen atoms in total. The number of nitrogens with one attached hydrogen (secondary N) is 2. The highest BCUT2D eigenvalue weighted by atomic mass is 16.5. The van der Waals surface area contributed by atoms with Crippen molar-refractivity contribution in [3.8, 4) is 11.1 Å². The van der Waals surface area contributed by atoms with Gasteiger partial charge in [0.15, 0.2) is 0 Å². The molecule has 1 saturated carbocycles. The molecule has 2 aromatic rings. The molecule has 34 heavy (non-hydrogen) atoms. The second kappa shape index (κ2) is 10.3. The fraction of sp³-hybridized carbons (Fsp3) is 0.444. The molecule has 2 aliphatic rings. The van der Waals surface area contributed by atoms with Gasteiger partial charge in [-0.05, 0) is 41.5 Å². The number of rotatable bonds is 9. The predicted octanol–water partition coefficient (Wildman–Crippen LogP) is 4.46. The van der Waals surface area contributed by atoms with Crippen LogP contribution in [0.15, 0.2) is 48.5 Å². The Morgan fingerprint density at radius 2 is 1.62 bits per heavy atom. The normalized spacial score (nSPS) is 16.9. The maximum Gasteiger partial charge on any atom is 0.407 e. The Bertz CT molecular complexity index is 1010. The van der Waals surface area contributed by atoms with E-state index in [0.717, 1.165) is 35.1 Å². The van der Waals surface area contributed by atoms with Gasteiger partial charge in [-0.1, -0.05) is 68.3 Å². The molecule has 0 saturated heterocycles. The van der Waals surface area contributed by atoms with Crippen LogP contribution in [0.4, 0.5) is 4.79 Å². The molecule has 0 bridgehead atoms. The van der Waals surface area contributed by atoms with Crippen molar-refractivity contribution in [2.24, 2.45) is 5.92 Å². The Kier molecular flexibility index (Phi) is 7.20. The Balaban J connectivity index is 1.32. The van der Waals surface area contributed by atoms with E-state index in [0.29, 0.717) is 19.3 Å². The van der Waals surface area contributed by atoms with Gasteiger partial charge < -0.3 is 20.5 Å². The van der Waals surface area contributed by atoms with E-state index in [1.807, 2.05) is 31.2 Å². The summed E-state index contributed by atoms with van der Waals surface area (Å²) in [6.07, 6.45) is 3.04. The second-order valence-electron chi connectivity index (χ2n) is 9.36. The lowest BCUT2D eigenvalue weighted by Crippen LogP contribution is -2.51. The Labute approximate surface area is 199 Å². The van der Waals surface area contributed by atoms with E-state index in [4.69, 9.17) is 4.74 Å². The number of hydrogen-bond acceptors (Lipinski definition) is 4. The summed E-state index contributed by atoms with van der Waals surface area (Å²) in [4.78, 5) is 36.7. The number of carboxylic acids is 1. The number of carbonyl (C=O) groups excluding carboxylic acids is 2. The first-order valence-corrected chi connectivity index (χ1v) is 12.0. The Morgan fingerprint density at radius 3 is 2.18 bits per heavy atom. The average Bonchev–Trinajstić information content (AvgIpc) is 3.40. The number of carboxylic acid groups (broad SMARTS) is 1. The summed E-state index contributed by atoms with van der Waals surface area (Å²) in [5, 5.41) is 15.0. The number of amides is 2. The third-order valence-electron chi connectivity index (χ3n) is 7.14. The maximum absolute atomic E-state index is 12.9. The summed E-state index contributed by atoms with van der Waals surface area (Å²) in [5.41, 5.74) is 3.93. The third-order valence-corrected chi connectivity index (χ3v) is 7.14. The molecule has 2 amide bonds. The van der Waals surface area contributed by atoms with Crippen molar-refractivity contribution in [1.82, 2.24) is 10.6 Å². The monoisotopic (exact) mass is 464 g/mol. The van der Waals surface area contributed by atoms with E-state index in [2.05, 4.69) is 34.9 Å². The van der Waals surface area contributed by atoms with Crippen molar-refractivity contribution in [2.45, 2.75) is 56.9 Å². The van der Waals surface area contributed by atoms with E-state index in [9.17, 15) is 19.5 Å². The summed E-state index contributed by atoms with van der Waals surface area (Å²) in [5.74, 6) is -1.61. The zero-order valence-corrected chi connectivity index (χ0v) is 19.5. The lowest BCUT2D eigenvalue weighted by molar-refractivity contribution is -0.139. The van der Waals surface area contributed by atoms with Crippen LogP contribution in [0, 0.1) is 5.92 Å². The van der Waals surface area contributed by atoms with Crippen LogP contribution in [-0.2, 0) is 14.3 Å². The van der Waals surface area contributed by atoms with Crippen LogP contribution < -0.4 is 10.6 Å². The lowest BCUT2D eigenvalue weighted by Gasteiger charge is -2.30. The van der Waals surface area contributed by atoms with Gasteiger partial charge >= 0.3 is 12.1 Å². The van der Waals surface area contributed by atoms with Gasteiger partial charge in [0.05, 0.1) is 17.9 Å². The number of ether oxygens (including phenoxy) is 1. The first-order valence-electron chi connectivity index (χ1n) is 12.0. The third kappa shape index (κ3) is 5.08. The molecule has 0 spiro atoms. The number of alkyl carbamates (subject to hydrolysis) is 1. The number of benzene rings is 2. The van der Waals surface area contributed by atoms with E-state index in [1.165, 1.54) is 0 Å². The minimum Gasteiger partial charge on any atom is -0.481 e.